The van der Waals surface area contributed by atoms with E-state index in [-0.39, 0.29) is 12.0 Å². The molecule has 6 heteroatoms. The molecule has 3 heterocycles. The number of piperidine rings is 1. The van der Waals surface area contributed by atoms with Gasteiger partial charge in [0.15, 0.2) is 0 Å². The van der Waals surface area contributed by atoms with Gasteiger partial charge in [-0.05, 0) is 57.3 Å². The fourth-order valence-electron chi connectivity index (χ4n) is 4.64. The summed E-state index contributed by atoms with van der Waals surface area (Å²) in [4.78, 5) is 7.19. The van der Waals surface area contributed by atoms with Gasteiger partial charge in [-0.1, -0.05) is 18.6 Å². The van der Waals surface area contributed by atoms with Gasteiger partial charge in [0, 0.05) is 44.1 Å². The lowest BCUT2D eigenvalue weighted by molar-refractivity contribution is -0.0250. The number of para-hydroxylation sites is 1. The van der Waals surface area contributed by atoms with Crippen molar-refractivity contribution in [2.75, 3.05) is 46.1 Å². The number of aromatic nitrogens is 2. The Morgan fingerprint density at radius 1 is 1.10 bits per heavy atom. The number of hydrogen-bond acceptors (Lipinski definition) is 5. The Morgan fingerprint density at radius 3 is 2.70 bits per heavy atom. The average molecular weight is 414 g/mol. The van der Waals surface area contributed by atoms with Gasteiger partial charge in [-0.25, -0.2) is 4.98 Å². The number of nitrogens with zero attached hydrogens (tertiary/aromatic N) is 3. The molecule has 30 heavy (non-hydrogen) atoms. The van der Waals surface area contributed by atoms with Crippen LogP contribution in [0.2, 0.25) is 0 Å². The van der Waals surface area contributed by atoms with Crippen molar-refractivity contribution in [3.8, 4) is 17.1 Å². The zero-order chi connectivity index (χ0) is 20.7. The Labute approximate surface area is 179 Å². The summed E-state index contributed by atoms with van der Waals surface area (Å²) >= 11 is 0. The van der Waals surface area contributed by atoms with Crippen molar-refractivity contribution in [1.82, 2.24) is 14.5 Å². The summed E-state index contributed by atoms with van der Waals surface area (Å²) in [6.07, 6.45) is 10.7. The third-order valence-corrected chi connectivity index (χ3v) is 6.56. The SMILES string of the molecule is OCC1(Cn2ccnc2-c2ccccc2OCCCN2CCCCC2)CCOCC1. The molecule has 2 aliphatic rings. The van der Waals surface area contributed by atoms with E-state index in [2.05, 4.69) is 20.5 Å². The smallest absolute Gasteiger partial charge is 0.143 e. The number of imidazole rings is 1. The lowest BCUT2D eigenvalue weighted by Gasteiger charge is -2.36. The van der Waals surface area contributed by atoms with Gasteiger partial charge in [0.1, 0.15) is 11.6 Å². The first-order valence-electron chi connectivity index (χ1n) is 11.4. The highest BCUT2D eigenvalue weighted by Gasteiger charge is 2.33. The van der Waals surface area contributed by atoms with Gasteiger partial charge < -0.3 is 24.0 Å². The Bertz CT molecular complexity index is 780. The summed E-state index contributed by atoms with van der Waals surface area (Å²) in [6.45, 7) is 6.61. The van der Waals surface area contributed by atoms with Crippen LogP contribution in [0.5, 0.6) is 5.75 Å². The molecule has 0 unspecified atom stereocenters. The topological polar surface area (TPSA) is 59.8 Å². The highest BCUT2D eigenvalue weighted by atomic mass is 16.5. The highest BCUT2D eigenvalue weighted by molar-refractivity contribution is 5.64. The molecule has 2 aromatic rings. The van der Waals surface area contributed by atoms with Crippen LogP contribution in [-0.2, 0) is 11.3 Å². The van der Waals surface area contributed by atoms with E-state index in [1.807, 2.05) is 30.6 Å². The quantitative estimate of drug-likeness (QED) is 0.637. The number of rotatable bonds is 9. The van der Waals surface area contributed by atoms with Crippen LogP contribution < -0.4 is 4.74 Å². The molecule has 1 aromatic carbocycles. The molecule has 4 rings (SSSR count). The second kappa shape index (κ2) is 10.4. The Kier molecular flexibility index (Phi) is 7.42. The van der Waals surface area contributed by atoms with E-state index in [1.165, 1.54) is 32.4 Å². The molecule has 1 aromatic heterocycles. The summed E-state index contributed by atoms with van der Waals surface area (Å²) in [5.41, 5.74) is 0.874. The second-order valence-electron chi connectivity index (χ2n) is 8.75. The maximum Gasteiger partial charge on any atom is 0.143 e. The van der Waals surface area contributed by atoms with E-state index >= 15 is 0 Å². The molecule has 0 radical (unpaired) electrons. The van der Waals surface area contributed by atoms with E-state index in [0.717, 1.165) is 49.5 Å². The van der Waals surface area contributed by atoms with Crippen LogP contribution in [-0.4, -0.2) is 65.6 Å². The molecule has 0 amide bonds. The number of aliphatic hydroxyl groups is 1. The predicted octanol–water partition coefficient (Wildman–Crippen LogP) is 3.59. The first kappa shape index (κ1) is 21.3. The van der Waals surface area contributed by atoms with Crippen LogP contribution in [0.25, 0.3) is 11.4 Å². The molecule has 1 N–H and O–H groups in total. The minimum Gasteiger partial charge on any atom is -0.493 e. The molecule has 0 aliphatic carbocycles. The fourth-order valence-corrected chi connectivity index (χ4v) is 4.64. The van der Waals surface area contributed by atoms with Crippen LogP contribution in [0.15, 0.2) is 36.7 Å². The van der Waals surface area contributed by atoms with Gasteiger partial charge in [-0.15, -0.1) is 0 Å². The van der Waals surface area contributed by atoms with Crippen molar-refractivity contribution in [2.24, 2.45) is 5.41 Å². The van der Waals surface area contributed by atoms with Crippen molar-refractivity contribution >= 4 is 0 Å². The third kappa shape index (κ3) is 5.23. The summed E-state index contributed by atoms with van der Waals surface area (Å²) in [5, 5.41) is 10.1. The first-order valence-corrected chi connectivity index (χ1v) is 11.4. The van der Waals surface area contributed by atoms with Crippen molar-refractivity contribution in [3.05, 3.63) is 36.7 Å². The monoisotopic (exact) mass is 413 g/mol. The maximum atomic E-state index is 10.1. The summed E-state index contributed by atoms with van der Waals surface area (Å²) in [5.74, 6) is 1.79. The van der Waals surface area contributed by atoms with Gasteiger partial charge in [0.05, 0.1) is 18.8 Å². The number of hydrogen-bond donors (Lipinski definition) is 1. The van der Waals surface area contributed by atoms with Crippen LogP contribution in [0.1, 0.15) is 38.5 Å². The van der Waals surface area contributed by atoms with Crippen molar-refractivity contribution < 1.29 is 14.6 Å². The molecular formula is C24H35N3O3. The standard InChI is InChI=1S/C24H35N3O3/c28-20-24(9-17-29-18-10-24)19-27-15-11-25-23(27)21-7-2-3-8-22(21)30-16-6-14-26-12-4-1-5-13-26/h2-3,7-8,11,15,28H,1,4-6,9-10,12-14,16-20H2. The van der Waals surface area contributed by atoms with Crippen molar-refractivity contribution in [2.45, 2.75) is 45.1 Å². The Hall–Kier alpha value is -1.89. The summed E-state index contributed by atoms with van der Waals surface area (Å²) < 4.78 is 13.9. The largest absolute Gasteiger partial charge is 0.493 e. The van der Waals surface area contributed by atoms with Crippen molar-refractivity contribution in [3.63, 3.8) is 0 Å². The van der Waals surface area contributed by atoms with Crippen LogP contribution in [0.3, 0.4) is 0 Å². The molecule has 0 atom stereocenters. The molecule has 0 bridgehead atoms. The van der Waals surface area contributed by atoms with E-state index in [0.29, 0.717) is 19.8 Å². The molecule has 2 saturated heterocycles. The van der Waals surface area contributed by atoms with Crippen LogP contribution in [0, 0.1) is 5.41 Å². The van der Waals surface area contributed by atoms with Crippen LogP contribution in [0.4, 0.5) is 0 Å². The molecule has 2 fully saturated rings. The Morgan fingerprint density at radius 2 is 1.90 bits per heavy atom. The zero-order valence-corrected chi connectivity index (χ0v) is 18.0. The molecule has 2 aliphatic heterocycles. The molecule has 164 valence electrons. The van der Waals surface area contributed by atoms with Gasteiger partial charge in [-0.2, -0.15) is 0 Å². The van der Waals surface area contributed by atoms with Gasteiger partial charge in [0.25, 0.3) is 0 Å². The molecule has 0 saturated carbocycles. The fraction of sp³-hybridized carbons (Fsp3) is 0.625. The van der Waals surface area contributed by atoms with E-state index in [4.69, 9.17) is 9.47 Å². The van der Waals surface area contributed by atoms with Crippen molar-refractivity contribution in [1.29, 1.82) is 0 Å². The average Bonchev–Trinajstić information content (AvgIpc) is 3.26. The normalized spacial score (nSPS) is 19.6. The summed E-state index contributed by atoms with van der Waals surface area (Å²) in [7, 11) is 0. The van der Waals surface area contributed by atoms with Gasteiger partial charge in [-0.3, -0.25) is 0 Å². The highest BCUT2D eigenvalue weighted by Crippen LogP contribution is 2.35. The number of aliphatic hydroxyl groups excluding tert-OH is 1. The number of likely N-dealkylation sites (tertiary alicyclic amines) is 1. The lowest BCUT2D eigenvalue weighted by atomic mass is 9.81. The predicted molar refractivity (Wildman–Crippen MR) is 118 cm³/mol. The molecule has 0 spiro atoms. The van der Waals surface area contributed by atoms with Crippen LogP contribution >= 0.6 is 0 Å². The maximum absolute atomic E-state index is 10.1. The summed E-state index contributed by atoms with van der Waals surface area (Å²) in [6, 6.07) is 8.16. The Balaban J connectivity index is 1.41. The van der Waals surface area contributed by atoms with Gasteiger partial charge >= 0.3 is 0 Å². The minimum atomic E-state index is -0.141. The zero-order valence-electron chi connectivity index (χ0n) is 18.0. The van der Waals surface area contributed by atoms with E-state index in [1.54, 1.807) is 0 Å². The van der Waals surface area contributed by atoms with E-state index in [9.17, 15) is 5.11 Å². The van der Waals surface area contributed by atoms with Gasteiger partial charge in [0.2, 0.25) is 0 Å². The first-order chi connectivity index (χ1) is 14.8. The minimum absolute atomic E-state index is 0.141. The molecular weight excluding hydrogens is 378 g/mol. The second-order valence-corrected chi connectivity index (χ2v) is 8.75. The number of benzene rings is 1. The third-order valence-electron chi connectivity index (χ3n) is 6.56. The molecule has 6 nitrogen and oxygen atoms in total. The van der Waals surface area contributed by atoms with E-state index < -0.39 is 0 Å². The lowest BCUT2D eigenvalue weighted by Crippen LogP contribution is -2.37. The number of ether oxygens (including phenoxy) is 2.